The van der Waals surface area contributed by atoms with Gasteiger partial charge in [-0.1, -0.05) is 18.2 Å². The molecule has 1 aromatic rings. The lowest BCUT2D eigenvalue weighted by Crippen LogP contribution is -2.44. The van der Waals surface area contributed by atoms with Crippen molar-refractivity contribution in [3.8, 4) is 11.5 Å². The Labute approximate surface area is 144 Å². The summed E-state index contributed by atoms with van der Waals surface area (Å²) in [4.78, 5) is 14.6. The zero-order chi connectivity index (χ0) is 17.3. The molecule has 24 heavy (non-hydrogen) atoms. The molecule has 0 spiro atoms. The van der Waals surface area contributed by atoms with Crippen LogP contribution in [-0.4, -0.2) is 45.5 Å². The second-order valence-corrected chi connectivity index (χ2v) is 7.19. The molecule has 130 valence electrons. The minimum absolute atomic E-state index is 0.191. The number of nitrogens with zero attached hydrogens (tertiary/aromatic N) is 1. The van der Waals surface area contributed by atoms with Gasteiger partial charge in [0, 0.05) is 23.8 Å². The van der Waals surface area contributed by atoms with Crippen LogP contribution < -0.4 is 9.47 Å². The van der Waals surface area contributed by atoms with Crippen LogP contribution >= 0.6 is 0 Å². The molecule has 0 bridgehead atoms. The maximum absolute atomic E-state index is 12.4. The highest BCUT2D eigenvalue weighted by molar-refractivity contribution is 5.83. The summed E-state index contributed by atoms with van der Waals surface area (Å²) in [6, 6.07) is 4.03. The highest BCUT2D eigenvalue weighted by Gasteiger charge is 2.48. The number of Topliss-reactive ketones (excluding diaryl/α,β-unsaturated/α-hetero) is 1. The normalized spacial score (nSPS) is 25.4. The first-order chi connectivity index (χ1) is 11.5. The zero-order valence-electron chi connectivity index (χ0n) is 15.1. The van der Waals surface area contributed by atoms with Crippen LogP contribution in [0.5, 0.6) is 11.5 Å². The van der Waals surface area contributed by atoms with Crippen molar-refractivity contribution in [1.82, 2.24) is 4.90 Å². The Morgan fingerprint density at radius 3 is 2.71 bits per heavy atom. The van der Waals surface area contributed by atoms with Gasteiger partial charge < -0.3 is 14.4 Å². The van der Waals surface area contributed by atoms with Gasteiger partial charge in [-0.2, -0.15) is 0 Å². The molecule has 0 aromatic heterocycles. The highest BCUT2D eigenvalue weighted by atomic mass is 16.5. The van der Waals surface area contributed by atoms with Gasteiger partial charge in [0.15, 0.2) is 11.5 Å². The Kier molecular flexibility index (Phi) is 4.68. The third kappa shape index (κ3) is 2.73. The van der Waals surface area contributed by atoms with E-state index in [0.717, 1.165) is 42.0 Å². The van der Waals surface area contributed by atoms with E-state index >= 15 is 0 Å². The lowest BCUT2D eigenvalue weighted by atomic mass is 9.57. The van der Waals surface area contributed by atoms with Crippen molar-refractivity contribution in [2.24, 2.45) is 5.92 Å². The van der Waals surface area contributed by atoms with Gasteiger partial charge in [-0.05, 0) is 51.0 Å². The molecule has 4 heteroatoms. The third-order valence-corrected chi connectivity index (χ3v) is 5.55. The van der Waals surface area contributed by atoms with Crippen molar-refractivity contribution in [3.05, 3.63) is 29.3 Å². The first-order valence-electron chi connectivity index (χ1n) is 8.62. The van der Waals surface area contributed by atoms with Crippen LogP contribution in [0.4, 0.5) is 0 Å². The van der Waals surface area contributed by atoms with Gasteiger partial charge in [0.05, 0.1) is 14.2 Å². The van der Waals surface area contributed by atoms with Crippen molar-refractivity contribution in [1.29, 1.82) is 0 Å². The van der Waals surface area contributed by atoms with Gasteiger partial charge in [0.1, 0.15) is 5.78 Å². The first-order valence-corrected chi connectivity index (χ1v) is 8.62. The van der Waals surface area contributed by atoms with Crippen LogP contribution in [0.3, 0.4) is 0 Å². The van der Waals surface area contributed by atoms with E-state index in [2.05, 4.69) is 37.2 Å². The van der Waals surface area contributed by atoms with Gasteiger partial charge in [0.25, 0.3) is 0 Å². The number of fused-ring (bicyclic) bond motifs is 3. The monoisotopic (exact) mass is 329 g/mol. The molecule has 2 aliphatic rings. The summed E-state index contributed by atoms with van der Waals surface area (Å²) in [7, 11) is 7.52. The van der Waals surface area contributed by atoms with Crippen LogP contribution in [0.25, 0.3) is 6.08 Å². The van der Waals surface area contributed by atoms with Crippen molar-refractivity contribution in [2.75, 3.05) is 34.9 Å². The van der Waals surface area contributed by atoms with E-state index in [1.54, 1.807) is 14.2 Å². The minimum atomic E-state index is -0.191. The van der Waals surface area contributed by atoms with Crippen LogP contribution in [0.1, 0.15) is 36.8 Å². The Morgan fingerprint density at radius 2 is 2.04 bits per heavy atom. The predicted octanol–water partition coefficient (Wildman–Crippen LogP) is 3.29. The van der Waals surface area contributed by atoms with E-state index < -0.39 is 0 Å². The minimum Gasteiger partial charge on any atom is -0.493 e. The summed E-state index contributed by atoms with van der Waals surface area (Å²) in [6.45, 7) is 0.942. The molecule has 1 saturated carbocycles. The molecular weight excluding hydrogens is 302 g/mol. The van der Waals surface area contributed by atoms with Crippen LogP contribution in [0.2, 0.25) is 0 Å². The SMILES string of the molecule is COc1ccc2c(c1OC)C1(CCN(C)C)CC(=O)CCC1C=C2. The van der Waals surface area contributed by atoms with E-state index in [9.17, 15) is 4.79 Å². The molecule has 2 unspecified atom stereocenters. The number of hydrogen-bond donors (Lipinski definition) is 0. The Bertz CT molecular complexity index is 665. The number of hydrogen-bond acceptors (Lipinski definition) is 4. The summed E-state index contributed by atoms with van der Waals surface area (Å²) in [5, 5.41) is 0. The molecule has 1 aromatic carbocycles. The molecule has 0 N–H and O–H groups in total. The average molecular weight is 329 g/mol. The predicted molar refractivity (Wildman–Crippen MR) is 95.8 cm³/mol. The van der Waals surface area contributed by atoms with Gasteiger partial charge in [-0.3, -0.25) is 4.79 Å². The summed E-state index contributed by atoms with van der Waals surface area (Å²) in [5.41, 5.74) is 2.12. The maximum Gasteiger partial charge on any atom is 0.165 e. The van der Waals surface area contributed by atoms with Gasteiger partial charge in [0.2, 0.25) is 0 Å². The number of carbonyl (C=O) groups is 1. The van der Waals surface area contributed by atoms with Crippen LogP contribution in [0.15, 0.2) is 18.2 Å². The average Bonchev–Trinajstić information content (AvgIpc) is 2.58. The number of ether oxygens (including phenoxy) is 2. The van der Waals surface area contributed by atoms with Crippen molar-refractivity contribution in [2.45, 2.75) is 31.1 Å². The van der Waals surface area contributed by atoms with Gasteiger partial charge in [-0.15, -0.1) is 0 Å². The molecule has 0 amide bonds. The van der Waals surface area contributed by atoms with Crippen LogP contribution in [-0.2, 0) is 10.2 Å². The van der Waals surface area contributed by atoms with Crippen molar-refractivity contribution >= 4 is 11.9 Å². The molecule has 0 aliphatic heterocycles. The largest absolute Gasteiger partial charge is 0.493 e. The number of methoxy groups -OCH3 is 2. The van der Waals surface area contributed by atoms with Gasteiger partial charge >= 0.3 is 0 Å². The topological polar surface area (TPSA) is 38.8 Å². The van der Waals surface area contributed by atoms with E-state index in [4.69, 9.17) is 9.47 Å². The van der Waals surface area contributed by atoms with E-state index in [1.807, 2.05) is 6.07 Å². The fourth-order valence-electron chi connectivity index (χ4n) is 4.35. The van der Waals surface area contributed by atoms with Crippen molar-refractivity contribution in [3.63, 3.8) is 0 Å². The number of benzene rings is 1. The third-order valence-electron chi connectivity index (χ3n) is 5.55. The number of carbonyl (C=O) groups excluding carboxylic acids is 1. The quantitative estimate of drug-likeness (QED) is 0.831. The summed E-state index contributed by atoms with van der Waals surface area (Å²) in [6.07, 6.45) is 7.62. The first kappa shape index (κ1) is 17.0. The second-order valence-electron chi connectivity index (χ2n) is 7.19. The molecule has 0 saturated heterocycles. The zero-order valence-corrected chi connectivity index (χ0v) is 15.1. The smallest absolute Gasteiger partial charge is 0.165 e. The summed E-state index contributed by atoms with van der Waals surface area (Å²) in [5.74, 6) is 2.27. The van der Waals surface area contributed by atoms with Crippen molar-refractivity contribution < 1.29 is 14.3 Å². The van der Waals surface area contributed by atoms with E-state index in [1.165, 1.54) is 0 Å². The van der Waals surface area contributed by atoms with E-state index in [-0.39, 0.29) is 5.41 Å². The standard InChI is InChI=1S/C20H27NO3/c1-21(2)12-11-20-13-16(22)9-8-15(20)7-5-14-6-10-17(23-3)19(24-4)18(14)20/h5-7,10,15H,8-9,11-13H2,1-4H3. The number of allylic oxidation sites excluding steroid dienone is 1. The molecule has 1 fully saturated rings. The maximum atomic E-state index is 12.4. The Balaban J connectivity index is 2.19. The second kappa shape index (κ2) is 6.60. The Hall–Kier alpha value is -1.81. The fourth-order valence-corrected chi connectivity index (χ4v) is 4.35. The molecule has 2 aliphatic carbocycles. The summed E-state index contributed by atoms with van der Waals surface area (Å²) >= 11 is 0. The molecule has 0 radical (unpaired) electrons. The molecular formula is C20H27NO3. The number of rotatable bonds is 5. The number of ketones is 1. The molecule has 4 nitrogen and oxygen atoms in total. The van der Waals surface area contributed by atoms with E-state index in [0.29, 0.717) is 24.5 Å². The highest BCUT2D eigenvalue weighted by Crippen LogP contribution is 2.54. The molecule has 0 heterocycles. The summed E-state index contributed by atoms with van der Waals surface area (Å²) < 4.78 is 11.3. The van der Waals surface area contributed by atoms with Gasteiger partial charge in [-0.25, -0.2) is 0 Å². The lowest BCUT2D eigenvalue weighted by Gasteiger charge is -2.47. The molecule has 3 rings (SSSR count). The Morgan fingerprint density at radius 1 is 1.25 bits per heavy atom. The van der Waals surface area contributed by atoms with Crippen LogP contribution in [0, 0.1) is 5.92 Å². The molecule has 2 atom stereocenters. The lowest BCUT2D eigenvalue weighted by molar-refractivity contribution is -0.123. The fraction of sp³-hybridized carbons (Fsp3) is 0.550.